The van der Waals surface area contributed by atoms with Crippen LogP contribution in [0, 0.1) is 0 Å². The average Bonchev–Trinajstić information content (AvgIpc) is 3.07. The average molecular weight is 382 g/mol. The van der Waals surface area contributed by atoms with Crippen molar-refractivity contribution in [3.05, 3.63) is 59.3 Å². The molecule has 0 N–H and O–H groups in total. The first-order valence-corrected chi connectivity index (χ1v) is 8.18. The van der Waals surface area contributed by atoms with Crippen molar-refractivity contribution in [1.82, 2.24) is 0 Å². The van der Waals surface area contributed by atoms with Gasteiger partial charge in [0.15, 0.2) is 17.2 Å². The quantitative estimate of drug-likeness (QED) is 0.523. The van der Waals surface area contributed by atoms with Gasteiger partial charge in [-0.05, 0) is 42.0 Å². The molecule has 1 aliphatic heterocycles. The summed E-state index contributed by atoms with van der Waals surface area (Å²) in [7, 11) is 2.96. The Labute approximate surface area is 160 Å². The van der Waals surface area contributed by atoms with E-state index in [-0.39, 0.29) is 17.3 Å². The molecule has 0 radical (unpaired) electrons. The topological polar surface area (TPSA) is 106 Å². The number of nitrogens with zero attached hydrogens (tertiary/aromatic N) is 1. The monoisotopic (exact) mass is 382 g/mol. The standard InChI is InChI=1S/C20H17NO7/c1-25-14-5-3-4-13(10-14)19-21-15(20(24)28-19)8-12-6-7-16(17(9-12)26-2)27-11-18(22)23/h3-10H,11H2,1-2H3,(H,22,23)/p-1/b15-8-. The Hall–Kier alpha value is -3.81. The molecule has 0 unspecified atom stereocenters. The summed E-state index contributed by atoms with van der Waals surface area (Å²) in [5.41, 5.74) is 1.32. The first kappa shape index (κ1) is 19.0. The first-order chi connectivity index (χ1) is 13.5. The van der Waals surface area contributed by atoms with Crippen LogP contribution >= 0.6 is 0 Å². The molecule has 0 aliphatic carbocycles. The number of hydrogen-bond donors (Lipinski definition) is 0. The van der Waals surface area contributed by atoms with Gasteiger partial charge in [0, 0.05) is 5.56 Å². The predicted molar refractivity (Wildman–Crippen MR) is 97.1 cm³/mol. The van der Waals surface area contributed by atoms with Gasteiger partial charge in [0.05, 0.1) is 20.2 Å². The normalized spacial score (nSPS) is 14.4. The molecule has 2 aromatic carbocycles. The van der Waals surface area contributed by atoms with E-state index in [4.69, 9.17) is 18.9 Å². The summed E-state index contributed by atoms with van der Waals surface area (Å²) in [5, 5.41) is 10.5. The largest absolute Gasteiger partial charge is 0.546 e. The molecule has 0 atom stereocenters. The molecule has 1 heterocycles. The van der Waals surface area contributed by atoms with Crippen LogP contribution in [0.25, 0.3) is 6.08 Å². The van der Waals surface area contributed by atoms with E-state index in [1.54, 1.807) is 43.5 Å². The Balaban J connectivity index is 1.86. The number of carboxylic acids is 1. The third-order valence-corrected chi connectivity index (χ3v) is 3.77. The Morgan fingerprint density at radius 1 is 1.14 bits per heavy atom. The van der Waals surface area contributed by atoms with Crippen molar-refractivity contribution in [1.29, 1.82) is 0 Å². The summed E-state index contributed by atoms with van der Waals surface area (Å²) in [6.07, 6.45) is 1.53. The lowest BCUT2D eigenvalue weighted by molar-refractivity contribution is -0.307. The van der Waals surface area contributed by atoms with Crippen molar-refractivity contribution in [2.24, 2.45) is 4.99 Å². The SMILES string of the molecule is COc1cccc(C2=N/C(=C\c3ccc(OCC(=O)[O-])c(OC)c3)C(=O)O2)c1. The van der Waals surface area contributed by atoms with E-state index in [1.165, 1.54) is 19.3 Å². The summed E-state index contributed by atoms with van der Waals surface area (Å²) in [6.45, 7) is -0.600. The lowest BCUT2D eigenvalue weighted by Gasteiger charge is -2.11. The second-order valence-electron chi connectivity index (χ2n) is 5.64. The molecule has 144 valence electrons. The van der Waals surface area contributed by atoms with Crippen LogP contribution in [0.1, 0.15) is 11.1 Å². The Morgan fingerprint density at radius 3 is 2.68 bits per heavy atom. The van der Waals surface area contributed by atoms with E-state index in [9.17, 15) is 14.7 Å². The number of aliphatic carboxylic acids is 1. The van der Waals surface area contributed by atoms with Crippen LogP contribution < -0.4 is 19.3 Å². The highest BCUT2D eigenvalue weighted by Crippen LogP contribution is 2.30. The molecule has 8 heteroatoms. The van der Waals surface area contributed by atoms with Gasteiger partial charge in [-0.1, -0.05) is 12.1 Å². The van der Waals surface area contributed by atoms with Gasteiger partial charge in [-0.3, -0.25) is 0 Å². The zero-order valence-corrected chi connectivity index (χ0v) is 15.1. The molecule has 28 heavy (non-hydrogen) atoms. The van der Waals surface area contributed by atoms with Crippen molar-refractivity contribution in [3.8, 4) is 17.2 Å². The van der Waals surface area contributed by atoms with Crippen LogP contribution in [0.5, 0.6) is 17.2 Å². The predicted octanol–water partition coefficient (Wildman–Crippen LogP) is 1.18. The summed E-state index contributed by atoms with van der Waals surface area (Å²) < 4.78 is 20.7. The number of ether oxygens (including phenoxy) is 4. The van der Waals surface area contributed by atoms with Crippen molar-refractivity contribution < 1.29 is 33.6 Å². The molecule has 0 spiro atoms. The Morgan fingerprint density at radius 2 is 1.96 bits per heavy atom. The maximum Gasteiger partial charge on any atom is 0.363 e. The number of carboxylic acid groups (broad SMARTS) is 1. The first-order valence-electron chi connectivity index (χ1n) is 8.18. The van der Waals surface area contributed by atoms with Gasteiger partial charge in [-0.15, -0.1) is 0 Å². The number of methoxy groups -OCH3 is 2. The zero-order valence-electron chi connectivity index (χ0n) is 15.1. The maximum atomic E-state index is 12.2. The number of carbonyl (C=O) groups excluding carboxylic acids is 2. The molecular weight excluding hydrogens is 366 g/mol. The van der Waals surface area contributed by atoms with Gasteiger partial charge in [-0.25, -0.2) is 9.79 Å². The minimum Gasteiger partial charge on any atom is -0.546 e. The summed E-state index contributed by atoms with van der Waals surface area (Å²) in [4.78, 5) is 26.9. The molecule has 0 aromatic heterocycles. The minimum absolute atomic E-state index is 0.114. The van der Waals surface area contributed by atoms with Gasteiger partial charge in [0.2, 0.25) is 5.90 Å². The van der Waals surface area contributed by atoms with Gasteiger partial charge < -0.3 is 28.8 Å². The lowest BCUT2D eigenvalue weighted by atomic mass is 10.1. The number of hydrogen-bond acceptors (Lipinski definition) is 8. The molecule has 0 saturated carbocycles. The highest BCUT2D eigenvalue weighted by molar-refractivity contribution is 6.13. The van der Waals surface area contributed by atoms with Crippen molar-refractivity contribution >= 4 is 23.9 Å². The van der Waals surface area contributed by atoms with Crippen LogP contribution in [0.15, 0.2) is 53.2 Å². The molecule has 0 bridgehead atoms. The van der Waals surface area contributed by atoms with E-state index in [1.807, 2.05) is 0 Å². The molecular formula is C20H16NO7-. The van der Waals surface area contributed by atoms with Crippen molar-refractivity contribution in [2.45, 2.75) is 0 Å². The van der Waals surface area contributed by atoms with E-state index in [0.717, 1.165) is 0 Å². The third kappa shape index (κ3) is 4.29. The molecule has 2 aromatic rings. The smallest absolute Gasteiger partial charge is 0.363 e. The van der Waals surface area contributed by atoms with Crippen molar-refractivity contribution in [2.75, 3.05) is 20.8 Å². The van der Waals surface area contributed by atoms with Crippen molar-refractivity contribution in [3.63, 3.8) is 0 Å². The van der Waals surface area contributed by atoms with Gasteiger partial charge in [0.1, 0.15) is 12.4 Å². The molecule has 0 fully saturated rings. The van der Waals surface area contributed by atoms with Crippen LogP contribution in [-0.2, 0) is 14.3 Å². The minimum atomic E-state index is -1.35. The van der Waals surface area contributed by atoms with Gasteiger partial charge in [-0.2, -0.15) is 0 Å². The van der Waals surface area contributed by atoms with Crippen LogP contribution in [0.2, 0.25) is 0 Å². The Kier molecular flexibility index (Phi) is 5.59. The summed E-state index contributed by atoms with van der Waals surface area (Å²) in [5.74, 6) is -0.598. The summed E-state index contributed by atoms with van der Waals surface area (Å²) in [6, 6.07) is 11.7. The van der Waals surface area contributed by atoms with Crippen LogP contribution in [0.4, 0.5) is 0 Å². The van der Waals surface area contributed by atoms with E-state index in [2.05, 4.69) is 4.99 Å². The fourth-order valence-corrected chi connectivity index (χ4v) is 2.48. The lowest BCUT2D eigenvalue weighted by Crippen LogP contribution is -2.29. The number of rotatable bonds is 7. The van der Waals surface area contributed by atoms with Gasteiger partial charge >= 0.3 is 5.97 Å². The molecule has 8 nitrogen and oxygen atoms in total. The summed E-state index contributed by atoms with van der Waals surface area (Å²) >= 11 is 0. The molecule has 0 saturated heterocycles. The zero-order chi connectivity index (χ0) is 20.1. The Bertz CT molecular complexity index is 978. The highest BCUT2D eigenvalue weighted by atomic mass is 16.6. The van der Waals surface area contributed by atoms with E-state index < -0.39 is 18.5 Å². The number of cyclic esters (lactones) is 1. The molecule has 0 amide bonds. The number of carbonyl (C=O) groups is 2. The number of aliphatic imine (C=N–C) groups is 1. The van der Waals surface area contributed by atoms with Crippen LogP contribution in [0.3, 0.4) is 0 Å². The molecule has 3 rings (SSSR count). The third-order valence-electron chi connectivity index (χ3n) is 3.77. The second-order valence-corrected chi connectivity index (χ2v) is 5.64. The molecule has 1 aliphatic rings. The fourth-order valence-electron chi connectivity index (χ4n) is 2.48. The van der Waals surface area contributed by atoms with E-state index >= 15 is 0 Å². The fraction of sp³-hybridized carbons (Fsp3) is 0.150. The van der Waals surface area contributed by atoms with Crippen LogP contribution in [-0.4, -0.2) is 38.7 Å². The highest BCUT2D eigenvalue weighted by Gasteiger charge is 2.24. The van der Waals surface area contributed by atoms with Gasteiger partial charge in [0.25, 0.3) is 0 Å². The number of esters is 1. The van der Waals surface area contributed by atoms with E-state index in [0.29, 0.717) is 22.6 Å². The maximum absolute atomic E-state index is 12.2. The second kappa shape index (κ2) is 8.26. The number of benzene rings is 2.